The topological polar surface area (TPSA) is 329 Å². The Labute approximate surface area is 315 Å². The zero-order chi connectivity index (χ0) is 41.8. The maximum absolute atomic E-state index is 12.7. The monoisotopic (exact) mass is 798 g/mol. The number of aliphatic hydroxyl groups excluding tert-OH is 3. The fourth-order valence-electron chi connectivity index (χ4n) is 3.84. The summed E-state index contributed by atoms with van der Waals surface area (Å²) >= 11 is 0. The van der Waals surface area contributed by atoms with Crippen LogP contribution in [0.4, 0.5) is 0 Å². The van der Waals surface area contributed by atoms with Gasteiger partial charge >= 0.3 is 53.7 Å². The lowest BCUT2D eigenvalue weighted by atomic mass is 10.1. The number of hydrogen-bond donors (Lipinski definition) is 5. The van der Waals surface area contributed by atoms with Crippen molar-refractivity contribution in [2.45, 2.75) is 96.1 Å². The highest BCUT2D eigenvalue weighted by Crippen LogP contribution is 2.10. The number of esters is 7. The van der Waals surface area contributed by atoms with Crippen LogP contribution < -0.4 is 0 Å². The predicted molar refractivity (Wildman–Crippen MR) is 176 cm³/mol. The van der Waals surface area contributed by atoms with Crippen LogP contribution in [-0.4, -0.2) is 157 Å². The molecule has 0 aromatic rings. The van der Waals surface area contributed by atoms with Gasteiger partial charge in [-0.1, -0.05) is 6.92 Å². The van der Waals surface area contributed by atoms with Crippen LogP contribution in [0.2, 0.25) is 0 Å². The molecule has 0 saturated carbocycles. The molecule has 0 radical (unpaired) electrons. The molecule has 0 rings (SSSR count). The van der Waals surface area contributed by atoms with Gasteiger partial charge in [-0.05, 0) is 25.7 Å². The van der Waals surface area contributed by atoms with Crippen molar-refractivity contribution in [3.63, 3.8) is 0 Å². The average molecular weight is 799 g/mol. The van der Waals surface area contributed by atoms with Gasteiger partial charge in [-0.2, -0.15) is 0 Å². The lowest BCUT2D eigenvalue weighted by molar-refractivity contribution is -0.172. The molecule has 314 valence electrons. The Morgan fingerprint density at radius 2 is 1.13 bits per heavy atom. The van der Waals surface area contributed by atoms with Crippen LogP contribution in [0.1, 0.15) is 71.6 Å². The molecule has 0 heterocycles. The number of carboxylic acids is 2. The van der Waals surface area contributed by atoms with Crippen LogP contribution in [0.15, 0.2) is 0 Å². The molecular formula is C33H50O22. The Kier molecular flexibility index (Phi) is 27.0. The van der Waals surface area contributed by atoms with E-state index >= 15 is 0 Å². The number of hydrogen-bond acceptors (Lipinski definition) is 20. The molecule has 5 unspecified atom stereocenters. The summed E-state index contributed by atoms with van der Waals surface area (Å²) in [6.07, 6.45) is -8.24. The highest BCUT2D eigenvalue weighted by atomic mass is 16.6. The van der Waals surface area contributed by atoms with Gasteiger partial charge in [0.1, 0.15) is 32.2 Å². The minimum atomic E-state index is -1.51. The van der Waals surface area contributed by atoms with E-state index in [4.69, 9.17) is 48.5 Å². The number of rotatable bonds is 31. The van der Waals surface area contributed by atoms with Gasteiger partial charge in [0, 0.05) is 13.0 Å². The number of aliphatic hydroxyl groups is 3. The third-order valence-corrected chi connectivity index (χ3v) is 6.36. The molecule has 0 fully saturated rings. The van der Waals surface area contributed by atoms with Crippen molar-refractivity contribution in [2.24, 2.45) is 5.92 Å². The summed E-state index contributed by atoms with van der Waals surface area (Å²) in [5, 5.41) is 45.0. The second-order valence-electron chi connectivity index (χ2n) is 12.0. The van der Waals surface area contributed by atoms with E-state index in [0.717, 1.165) is 0 Å². The van der Waals surface area contributed by atoms with Crippen LogP contribution >= 0.6 is 0 Å². The average Bonchev–Trinajstić information content (AvgIpc) is 3.07. The van der Waals surface area contributed by atoms with E-state index in [-0.39, 0.29) is 51.9 Å². The maximum Gasteiger partial charge on any atom is 0.324 e. The Morgan fingerprint density at radius 3 is 1.71 bits per heavy atom. The number of unbranched alkanes of at least 4 members (excludes halogenated alkanes) is 1. The summed E-state index contributed by atoms with van der Waals surface area (Å²) in [6, 6.07) is 0. The highest BCUT2D eigenvalue weighted by Gasteiger charge is 2.25. The van der Waals surface area contributed by atoms with Crippen molar-refractivity contribution >= 4 is 53.7 Å². The van der Waals surface area contributed by atoms with E-state index in [0.29, 0.717) is 0 Å². The summed E-state index contributed by atoms with van der Waals surface area (Å²) in [6.45, 7) is -0.304. The first-order chi connectivity index (χ1) is 25.9. The van der Waals surface area contributed by atoms with Gasteiger partial charge in [-0.15, -0.1) is 0 Å². The largest absolute Gasteiger partial charge is 0.481 e. The van der Waals surface area contributed by atoms with Crippen molar-refractivity contribution in [1.82, 2.24) is 0 Å². The van der Waals surface area contributed by atoms with Crippen molar-refractivity contribution in [1.29, 1.82) is 0 Å². The quantitative estimate of drug-likeness (QED) is 0.0233. The molecule has 0 aromatic heterocycles. The Morgan fingerprint density at radius 1 is 0.527 bits per heavy atom. The van der Waals surface area contributed by atoms with Gasteiger partial charge in [0.25, 0.3) is 0 Å². The van der Waals surface area contributed by atoms with E-state index in [1.54, 1.807) is 6.92 Å². The number of ether oxygens (including phenoxy) is 8. The molecule has 0 bridgehead atoms. The third kappa shape index (κ3) is 30.3. The standard InChI is InChI=1S/C33H50O22/c1-20(14-48-15-22(36)13-34)9-31(45)53-23(16-49-17-24(54-32(46)11-26(39)40)18-51-29(43)10-21(2)35)19-52-30(44)12-33(47)55-28(42)5-3-4-8-50-27(41)7-6-25(37)38/h20-24,34-36H,3-19H2,1-2H3,(H,37,38)(H,39,40). The summed E-state index contributed by atoms with van der Waals surface area (Å²) < 4.78 is 40.3. The molecule has 22 heteroatoms. The first-order valence-corrected chi connectivity index (χ1v) is 17.0. The summed E-state index contributed by atoms with van der Waals surface area (Å²) in [4.78, 5) is 106. The van der Waals surface area contributed by atoms with Crippen LogP contribution in [0.3, 0.4) is 0 Å². The number of aliphatic carboxylic acids is 2. The van der Waals surface area contributed by atoms with E-state index < -0.39 is 143 Å². The SMILES string of the molecule is CC(O)CC(=O)OCC(COCC(COC(=O)CC(=O)OC(=O)CCCCOC(=O)CCC(=O)O)OC(=O)CC(C)COCC(O)CO)OC(=O)CC(=O)O. The molecule has 22 nitrogen and oxygen atoms in total. The van der Waals surface area contributed by atoms with Gasteiger partial charge in [-0.3, -0.25) is 43.2 Å². The van der Waals surface area contributed by atoms with Crippen LogP contribution in [0.5, 0.6) is 0 Å². The third-order valence-electron chi connectivity index (χ3n) is 6.36. The number of carbonyl (C=O) groups excluding carboxylic acids is 7. The van der Waals surface area contributed by atoms with Crippen molar-refractivity contribution in [3.05, 3.63) is 0 Å². The van der Waals surface area contributed by atoms with E-state index in [1.807, 2.05) is 0 Å². The minimum Gasteiger partial charge on any atom is -0.481 e. The Bertz CT molecular complexity index is 1250. The van der Waals surface area contributed by atoms with Crippen LogP contribution in [0, 0.1) is 5.92 Å². The van der Waals surface area contributed by atoms with Gasteiger partial charge in [0.15, 0.2) is 12.2 Å². The van der Waals surface area contributed by atoms with Crippen LogP contribution in [0.25, 0.3) is 0 Å². The molecule has 0 spiro atoms. The van der Waals surface area contributed by atoms with E-state index in [2.05, 4.69) is 4.74 Å². The zero-order valence-electron chi connectivity index (χ0n) is 30.6. The molecule has 5 N–H and O–H groups in total. The normalized spacial score (nSPS) is 13.5. The fraction of sp³-hybridized carbons (Fsp3) is 0.727. The number of carboxylic acid groups (broad SMARTS) is 2. The maximum atomic E-state index is 12.7. The smallest absolute Gasteiger partial charge is 0.324 e. The Balaban J connectivity index is 5.22. The molecule has 0 aliphatic carbocycles. The van der Waals surface area contributed by atoms with Crippen LogP contribution in [-0.2, 0) is 81.0 Å². The minimum absolute atomic E-state index is 0.0115. The van der Waals surface area contributed by atoms with Crippen molar-refractivity contribution in [3.8, 4) is 0 Å². The summed E-state index contributed by atoms with van der Waals surface area (Å²) in [5.74, 6) is -10.2. The lowest BCUT2D eigenvalue weighted by Crippen LogP contribution is -2.35. The van der Waals surface area contributed by atoms with Gasteiger partial charge in [0.05, 0.1) is 64.8 Å². The molecule has 0 aliphatic heterocycles. The van der Waals surface area contributed by atoms with Gasteiger partial charge in [0.2, 0.25) is 0 Å². The highest BCUT2D eigenvalue weighted by molar-refractivity contribution is 5.96. The zero-order valence-corrected chi connectivity index (χ0v) is 30.6. The molecule has 0 aromatic carbocycles. The summed E-state index contributed by atoms with van der Waals surface area (Å²) in [5.41, 5.74) is 0. The lowest BCUT2D eigenvalue weighted by Gasteiger charge is -2.22. The fourth-order valence-corrected chi connectivity index (χ4v) is 3.84. The predicted octanol–water partition coefficient (Wildman–Crippen LogP) is -1.41. The van der Waals surface area contributed by atoms with Crippen molar-refractivity contribution < 1.29 is 107 Å². The molecule has 0 saturated heterocycles. The first-order valence-electron chi connectivity index (χ1n) is 17.0. The molecule has 0 aliphatic rings. The molecule has 0 amide bonds. The Hall–Kier alpha value is -4.77. The first kappa shape index (κ1) is 50.2. The molecular weight excluding hydrogens is 748 g/mol. The van der Waals surface area contributed by atoms with E-state index in [9.17, 15) is 53.4 Å². The van der Waals surface area contributed by atoms with Gasteiger partial charge in [-0.25, -0.2) is 0 Å². The van der Waals surface area contributed by atoms with Gasteiger partial charge < -0.3 is 63.4 Å². The number of carbonyl (C=O) groups is 9. The van der Waals surface area contributed by atoms with E-state index in [1.165, 1.54) is 6.92 Å². The molecule has 55 heavy (non-hydrogen) atoms. The second kappa shape index (κ2) is 29.6. The molecule has 5 atom stereocenters. The summed E-state index contributed by atoms with van der Waals surface area (Å²) in [7, 11) is 0. The second-order valence-corrected chi connectivity index (χ2v) is 12.0. The van der Waals surface area contributed by atoms with Crippen molar-refractivity contribution in [2.75, 3.05) is 52.9 Å².